The summed E-state index contributed by atoms with van der Waals surface area (Å²) in [5.74, 6) is 0.642. The van der Waals surface area contributed by atoms with Crippen LogP contribution in [0.5, 0.6) is 5.75 Å². The zero-order valence-electron chi connectivity index (χ0n) is 12.2. The molecule has 0 spiro atoms. The number of fused-ring (bicyclic) bond motifs is 1. The second-order valence-corrected chi connectivity index (χ2v) is 5.51. The summed E-state index contributed by atoms with van der Waals surface area (Å²) in [7, 11) is 0. The number of halogens is 1. The Morgan fingerprint density at radius 2 is 1.95 bits per heavy atom. The molecule has 1 atom stereocenters. The number of aryl methyl sites for hydroxylation is 1. The molecule has 0 aliphatic carbocycles. The molecule has 3 rings (SSSR count). The molecule has 1 aliphatic rings. The summed E-state index contributed by atoms with van der Waals surface area (Å²) in [6, 6.07) is 14.1. The number of rotatable bonds is 4. The summed E-state index contributed by atoms with van der Waals surface area (Å²) < 4.78 is 18.5. The monoisotopic (exact) mass is 299 g/mol. The van der Waals surface area contributed by atoms with Crippen molar-refractivity contribution < 1.29 is 13.9 Å². The van der Waals surface area contributed by atoms with Gasteiger partial charge in [0.2, 0.25) is 5.91 Å². The van der Waals surface area contributed by atoms with Gasteiger partial charge in [-0.2, -0.15) is 0 Å². The van der Waals surface area contributed by atoms with Gasteiger partial charge in [-0.25, -0.2) is 4.39 Å². The summed E-state index contributed by atoms with van der Waals surface area (Å²) >= 11 is 0. The van der Waals surface area contributed by atoms with Crippen LogP contribution < -0.4 is 10.1 Å². The van der Waals surface area contributed by atoms with Crippen molar-refractivity contribution in [1.82, 2.24) is 5.32 Å². The van der Waals surface area contributed by atoms with Gasteiger partial charge in [0, 0.05) is 6.42 Å². The molecule has 1 amide bonds. The average Bonchev–Trinajstić information content (AvgIpc) is 2.54. The van der Waals surface area contributed by atoms with Gasteiger partial charge in [-0.3, -0.25) is 4.79 Å². The van der Waals surface area contributed by atoms with Crippen molar-refractivity contribution in [3.05, 3.63) is 65.5 Å². The van der Waals surface area contributed by atoms with E-state index in [0.29, 0.717) is 19.4 Å². The highest BCUT2D eigenvalue weighted by atomic mass is 19.1. The normalized spacial score (nSPS) is 16.5. The van der Waals surface area contributed by atoms with Crippen LogP contribution in [0.3, 0.4) is 0 Å². The number of hydrogen-bond acceptors (Lipinski definition) is 2. The molecule has 1 N–H and O–H groups in total. The Hall–Kier alpha value is -2.36. The standard InChI is InChI=1S/C18H18FNO2/c19-15-8-5-13(6-9-15)7-10-18(21)20-16-11-14-3-1-2-4-17(14)22-12-16/h1-6,8-9,16H,7,10-12H2,(H,20,21). The van der Waals surface area contributed by atoms with Crippen LogP contribution in [0.1, 0.15) is 17.5 Å². The fraction of sp³-hybridized carbons (Fsp3) is 0.278. The van der Waals surface area contributed by atoms with Crippen molar-refractivity contribution in [3.63, 3.8) is 0 Å². The Morgan fingerprint density at radius 1 is 1.18 bits per heavy atom. The second-order valence-electron chi connectivity index (χ2n) is 5.51. The van der Waals surface area contributed by atoms with Crippen molar-refractivity contribution in [1.29, 1.82) is 0 Å². The van der Waals surface area contributed by atoms with E-state index in [2.05, 4.69) is 5.32 Å². The molecule has 1 aliphatic heterocycles. The molecule has 114 valence electrons. The number of hydrogen-bond donors (Lipinski definition) is 1. The third-order valence-corrected chi connectivity index (χ3v) is 3.80. The number of nitrogens with one attached hydrogen (secondary N) is 1. The Balaban J connectivity index is 1.49. The zero-order chi connectivity index (χ0) is 15.4. The first-order valence-corrected chi connectivity index (χ1v) is 7.45. The summed E-state index contributed by atoms with van der Waals surface area (Å²) in [5.41, 5.74) is 2.08. The van der Waals surface area contributed by atoms with Crippen LogP contribution in [0, 0.1) is 5.82 Å². The smallest absolute Gasteiger partial charge is 0.220 e. The van der Waals surface area contributed by atoms with E-state index in [4.69, 9.17) is 4.74 Å². The lowest BCUT2D eigenvalue weighted by molar-refractivity contribution is -0.122. The molecule has 2 aromatic carbocycles. The quantitative estimate of drug-likeness (QED) is 0.942. The van der Waals surface area contributed by atoms with E-state index in [1.54, 1.807) is 12.1 Å². The molecule has 1 heterocycles. The Labute approximate surface area is 129 Å². The number of carbonyl (C=O) groups is 1. The summed E-state index contributed by atoms with van der Waals surface area (Å²) in [5, 5.41) is 3.00. The Kier molecular flexibility index (Phi) is 4.37. The maximum Gasteiger partial charge on any atom is 0.220 e. The first-order chi connectivity index (χ1) is 10.7. The molecule has 3 nitrogen and oxygen atoms in total. The predicted molar refractivity (Wildman–Crippen MR) is 82.3 cm³/mol. The predicted octanol–water partition coefficient (Wildman–Crippen LogP) is 2.88. The first-order valence-electron chi connectivity index (χ1n) is 7.45. The number of benzene rings is 2. The minimum Gasteiger partial charge on any atom is -0.491 e. The molecular weight excluding hydrogens is 281 g/mol. The van der Waals surface area contributed by atoms with Crippen LogP contribution in [0.15, 0.2) is 48.5 Å². The van der Waals surface area contributed by atoms with Gasteiger partial charge in [0.25, 0.3) is 0 Å². The zero-order valence-corrected chi connectivity index (χ0v) is 12.2. The van der Waals surface area contributed by atoms with Crippen LogP contribution in [0.4, 0.5) is 4.39 Å². The van der Waals surface area contributed by atoms with Crippen molar-refractivity contribution in [2.24, 2.45) is 0 Å². The largest absolute Gasteiger partial charge is 0.491 e. The lowest BCUT2D eigenvalue weighted by Crippen LogP contribution is -2.42. The second kappa shape index (κ2) is 6.60. The summed E-state index contributed by atoms with van der Waals surface area (Å²) in [6.45, 7) is 0.499. The van der Waals surface area contributed by atoms with Gasteiger partial charge in [0.1, 0.15) is 18.2 Å². The van der Waals surface area contributed by atoms with Gasteiger partial charge >= 0.3 is 0 Å². The summed E-state index contributed by atoms with van der Waals surface area (Å²) in [6.07, 6.45) is 1.79. The highest BCUT2D eigenvalue weighted by Crippen LogP contribution is 2.23. The van der Waals surface area contributed by atoms with E-state index < -0.39 is 0 Å². The molecule has 2 aromatic rings. The van der Waals surface area contributed by atoms with Crippen molar-refractivity contribution in [2.45, 2.75) is 25.3 Å². The van der Waals surface area contributed by atoms with E-state index in [-0.39, 0.29) is 17.8 Å². The number of carbonyl (C=O) groups excluding carboxylic acids is 1. The topological polar surface area (TPSA) is 38.3 Å². The minimum absolute atomic E-state index is 0.00249. The number of ether oxygens (including phenoxy) is 1. The van der Waals surface area contributed by atoms with Crippen molar-refractivity contribution in [3.8, 4) is 5.75 Å². The lowest BCUT2D eigenvalue weighted by Gasteiger charge is -2.26. The molecule has 0 saturated heterocycles. The average molecular weight is 299 g/mol. The van der Waals surface area contributed by atoms with Gasteiger partial charge < -0.3 is 10.1 Å². The molecule has 0 saturated carbocycles. The molecule has 0 bridgehead atoms. The summed E-state index contributed by atoms with van der Waals surface area (Å²) in [4.78, 5) is 12.0. The van der Waals surface area contributed by atoms with Crippen LogP contribution in [-0.4, -0.2) is 18.6 Å². The van der Waals surface area contributed by atoms with E-state index >= 15 is 0 Å². The van der Waals surface area contributed by atoms with Crippen LogP contribution in [0.2, 0.25) is 0 Å². The van der Waals surface area contributed by atoms with Crippen LogP contribution in [-0.2, 0) is 17.6 Å². The first kappa shape index (κ1) is 14.6. The van der Waals surface area contributed by atoms with Crippen LogP contribution >= 0.6 is 0 Å². The fourth-order valence-corrected chi connectivity index (χ4v) is 2.63. The minimum atomic E-state index is -0.258. The lowest BCUT2D eigenvalue weighted by atomic mass is 10.0. The molecule has 0 radical (unpaired) electrons. The van der Waals surface area contributed by atoms with Crippen molar-refractivity contribution >= 4 is 5.91 Å². The van der Waals surface area contributed by atoms with Crippen LogP contribution in [0.25, 0.3) is 0 Å². The van der Waals surface area contributed by atoms with Gasteiger partial charge in [-0.15, -0.1) is 0 Å². The number of para-hydroxylation sites is 1. The SMILES string of the molecule is O=C(CCc1ccc(F)cc1)NC1COc2ccccc2C1. The maximum absolute atomic E-state index is 12.8. The van der Waals surface area contributed by atoms with Gasteiger partial charge in [-0.1, -0.05) is 30.3 Å². The van der Waals surface area contributed by atoms with E-state index in [1.807, 2.05) is 24.3 Å². The molecule has 22 heavy (non-hydrogen) atoms. The highest BCUT2D eigenvalue weighted by molar-refractivity contribution is 5.76. The van der Waals surface area contributed by atoms with Crippen molar-refractivity contribution in [2.75, 3.05) is 6.61 Å². The Bertz CT molecular complexity index is 654. The third-order valence-electron chi connectivity index (χ3n) is 3.80. The third kappa shape index (κ3) is 3.64. The van der Waals surface area contributed by atoms with E-state index in [9.17, 15) is 9.18 Å². The molecular formula is C18H18FNO2. The molecule has 1 unspecified atom stereocenters. The van der Waals surface area contributed by atoms with Gasteiger partial charge in [0.05, 0.1) is 6.04 Å². The number of amides is 1. The van der Waals surface area contributed by atoms with E-state index in [1.165, 1.54) is 12.1 Å². The van der Waals surface area contributed by atoms with Gasteiger partial charge in [-0.05, 0) is 42.2 Å². The fourth-order valence-electron chi connectivity index (χ4n) is 2.63. The highest BCUT2D eigenvalue weighted by Gasteiger charge is 2.20. The van der Waals surface area contributed by atoms with E-state index in [0.717, 1.165) is 23.3 Å². The van der Waals surface area contributed by atoms with Gasteiger partial charge in [0.15, 0.2) is 0 Å². The molecule has 0 aromatic heterocycles. The Morgan fingerprint density at radius 3 is 2.77 bits per heavy atom. The maximum atomic E-state index is 12.8. The molecule has 0 fully saturated rings. The molecule has 4 heteroatoms.